The lowest BCUT2D eigenvalue weighted by Gasteiger charge is -2.28. The van der Waals surface area contributed by atoms with Gasteiger partial charge < -0.3 is 0 Å². The normalized spacial score (nSPS) is 14.4. The summed E-state index contributed by atoms with van der Waals surface area (Å²) >= 11 is 0. The molecule has 0 N–H and O–H groups in total. The van der Waals surface area contributed by atoms with Gasteiger partial charge in [-0.1, -0.05) is 158 Å². The lowest BCUT2D eigenvalue weighted by atomic mass is 9.74. The van der Waals surface area contributed by atoms with Crippen LogP contribution in [0.5, 0.6) is 0 Å². The minimum absolute atomic E-state index is 0.117. The molecule has 2 aliphatic carbocycles. The third-order valence-corrected chi connectivity index (χ3v) is 13.1. The molecule has 0 amide bonds. The van der Waals surface area contributed by atoms with Gasteiger partial charge in [-0.15, -0.1) is 0 Å². The van der Waals surface area contributed by atoms with Gasteiger partial charge in [0, 0.05) is 5.41 Å². The van der Waals surface area contributed by atoms with Crippen LogP contribution in [-0.2, 0) is 18.3 Å². The van der Waals surface area contributed by atoms with Crippen molar-refractivity contribution in [3.05, 3.63) is 192 Å². The second-order valence-electron chi connectivity index (χ2n) is 15.7. The summed E-state index contributed by atoms with van der Waals surface area (Å²) in [6.07, 6.45) is 2.04. The molecule has 0 unspecified atom stereocenters. The Morgan fingerprint density at radius 3 is 1.13 bits per heavy atom. The van der Waals surface area contributed by atoms with Gasteiger partial charge in [-0.05, 0) is 145 Å². The molecule has 244 valence electrons. The number of rotatable bonds is 2. The summed E-state index contributed by atoms with van der Waals surface area (Å²) in [5, 5.41) is 16.0. The van der Waals surface area contributed by atoms with Gasteiger partial charge in [-0.2, -0.15) is 0 Å². The van der Waals surface area contributed by atoms with E-state index < -0.39 is 0 Å². The molecule has 2 aliphatic rings. The average Bonchev–Trinajstić information content (AvgIpc) is 3.73. The fraction of sp³-hybridized carbons (Fsp3) is 0.0566. The first-order valence-electron chi connectivity index (χ1n) is 18.9. The third kappa shape index (κ3) is 3.61. The van der Waals surface area contributed by atoms with Gasteiger partial charge in [0.1, 0.15) is 0 Å². The monoisotopic (exact) mass is 668 g/mol. The predicted molar refractivity (Wildman–Crippen MR) is 225 cm³/mol. The van der Waals surface area contributed by atoms with Gasteiger partial charge in [0.15, 0.2) is 0 Å². The fourth-order valence-electron chi connectivity index (χ4n) is 10.8. The van der Waals surface area contributed by atoms with Gasteiger partial charge in [0.25, 0.3) is 0 Å². The highest BCUT2D eigenvalue weighted by molar-refractivity contribution is 6.26. The molecule has 0 fully saturated rings. The van der Waals surface area contributed by atoms with Crippen LogP contribution in [0, 0.1) is 0 Å². The van der Waals surface area contributed by atoms with E-state index >= 15 is 0 Å². The highest BCUT2D eigenvalue weighted by Gasteiger charge is 2.47. The van der Waals surface area contributed by atoms with Crippen molar-refractivity contribution < 1.29 is 0 Å². The smallest absolute Gasteiger partial charge is 0.0296 e. The molecule has 0 bridgehead atoms. The second kappa shape index (κ2) is 9.88. The molecule has 0 nitrogen and oxygen atoms in total. The molecule has 0 saturated heterocycles. The predicted octanol–water partition coefficient (Wildman–Crippen LogP) is 13.9. The van der Waals surface area contributed by atoms with Crippen LogP contribution in [0.15, 0.2) is 170 Å². The fourth-order valence-corrected chi connectivity index (χ4v) is 10.8. The Morgan fingerprint density at radius 2 is 0.679 bits per heavy atom. The second-order valence-corrected chi connectivity index (χ2v) is 15.7. The first-order valence-corrected chi connectivity index (χ1v) is 18.9. The van der Waals surface area contributed by atoms with E-state index in [1.165, 1.54) is 120 Å². The maximum absolute atomic E-state index is 2.56. The summed E-state index contributed by atoms with van der Waals surface area (Å²) in [7, 11) is 0. The minimum Gasteiger partial charge on any atom is -0.0620 e. The molecule has 11 aromatic carbocycles. The molecule has 0 heterocycles. The number of fused-ring (bicyclic) bond motifs is 6. The van der Waals surface area contributed by atoms with Gasteiger partial charge >= 0.3 is 0 Å². The first-order chi connectivity index (χ1) is 26.2. The standard InChI is InChI=1S/C53H32/c1-2-6-40-30-53(29-39(40)5-1)47-27-37(41-21-15-35-13-11-31-7-3-9-33-17-25-45(41)51(35)49(31)33)19-23-43(47)44-24-20-38(28-48(44)53)42-22-16-36-14-12-32-8-4-10-34-18-26-46(42)52(36)50(32)34/h1-28H,29-30H2. The molecule has 0 radical (unpaired) electrons. The van der Waals surface area contributed by atoms with E-state index in [9.17, 15) is 0 Å². The summed E-state index contributed by atoms with van der Waals surface area (Å²) in [6, 6.07) is 65.0. The zero-order chi connectivity index (χ0) is 34.4. The van der Waals surface area contributed by atoms with Crippen LogP contribution in [0.2, 0.25) is 0 Å². The molecule has 0 aromatic heterocycles. The highest BCUT2D eigenvalue weighted by atomic mass is 14.5. The summed E-state index contributed by atoms with van der Waals surface area (Å²) in [4.78, 5) is 0. The Morgan fingerprint density at radius 1 is 0.302 bits per heavy atom. The van der Waals surface area contributed by atoms with Crippen molar-refractivity contribution in [2.45, 2.75) is 18.3 Å². The van der Waals surface area contributed by atoms with Crippen molar-refractivity contribution in [2.24, 2.45) is 0 Å². The van der Waals surface area contributed by atoms with E-state index in [1.807, 2.05) is 0 Å². The lowest BCUT2D eigenvalue weighted by molar-refractivity contribution is 0.564. The van der Waals surface area contributed by atoms with E-state index in [2.05, 4.69) is 170 Å². The third-order valence-electron chi connectivity index (χ3n) is 13.1. The molecule has 0 heteroatoms. The maximum Gasteiger partial charge on any atom is 0.0296 e. The minimum atomic E-state index is -0.117. The van der Waals surface area contributed by atoms with Crippen molar-refractivity contribution in [3.63, 3.8) is 0 Å². The van der Waals surface area contributed by atoms with Gasteiger partial charge in [-0.3, -0.25) is 0 Å². The highest BCUT2D eigenvalue weighted by Crippen LogP contribution is 2.57. The zero-order valence-corrected chi connectivity index (χ0v) is 29.1. The average molecular weight is 669 g/mol. The number of benzene rings is 11. The lowest BCUT2D eigenvalue weighted by Crippen LogP contribution is -2.26. The molecular formula is C53H32. The summed E-state index contributed by atoms with van der Waals surface area (Å²) in [6.45, 7) is 0. The summed E-state index contributed by atoms with van der Waals surface area (Å²) in [5.41, 5.74) is 13.8. The molecule has 53 heavy (non-hydrogen) atoms. The van der Waals surface area contributed by atoms with E-state index in [0.29, 0.717) is 0 Å². The van der Waals surface area contributed by atoms with Crippen LogP contribution >= 0.6 is 0 Å². The van der Waals surface area contributed by atoms with Crippen LogP contribution in [0.1, 0.15) is 22.3 Å². The first kappa shape index (κ1) is 28.1. The molecule has 13 rings (SSSR count). The summed E-state index contributed by atoms with van der Waals surface area (Å²) in [5.74, 6) is 0. The van der Waals surface area contributed by atoms with Gasteiger partial charge in [-0.25, -0.2) is 0 Å². The van der Waals surface area contributed by atoms with E-state index in [-0.39, 0.29) is 5.41 Å². The summed E-state index contributed by atoms with van der Waals surface area (Å²) < 4.78 is 0. The van der Waals surface area contributed by atoms with Crippen molar-refractivity contribution >= 4 is 64.6 Å². The SMILES string of the molecule is c1ccc2c(c1)CC1(C2)c2cc(-c3ccc4ccc5cccc6ccc3c4c56)ccc2-c2ccc(-c3ccc4ccc5cccc6ccc3c4c56)cc21. The number of hydrogen-bond acceptors (Lipinski definition) is 0. The van der Waals surface area contributed by atoms with Crippen molar-refractivity contribution in [1.82, 2.24) is 0 Å². The maximum atomic E-state index is 2.56. The molecular weight excluding hydrogens is 637 g/mol. The Bertz CT molecular complexity index is 3080. The van der Waals surface area contributed by atoms with Crippen LogP contribution in [0.25, 0.3) is 98.0 Å². The van der Waals surface area contributed by atoms with Gasteiger partial charge in [0.2, 0.25) is 0 Å². The van der Waals surface area contributed by atoms with Crippen LogP contribution in [0.4, 0.5) is 0 Å². The Kier molecular flexibility index (Phi) is 5.24. The zero-order valence-electron chi connectivity index (χ0n) is 29.1. The molecule has 0 saturated carbocycles. The van der Waals surface area contributed by atoms with Crippen molar-refractivity contribution in [2.75, 3.05) is 0 Å². The Hall–Kier alpha value is -6.50. The van der Waals surface area contributed by atoms with E-state index in [1.54, 1.807) is 0 Å². The topological polar surface area (TPSA) is 0 Å². The van der Waals surface area contributed by atoms with Crippen molar-refractivity contribution in [3.8, 4) is 33.4 Å². The van der Waals surface area contributed by atoms with Crippen LogP contribution in [0.3, 0.4) is 0 Å². The van der Waals surface area contributed by atoms with Crippen LogP contribution in [-0.4, -0.2) is 0 Å². The molecule has 11 aromatic rings. The van der Waals surface area contributed by atoms with Crippen molar-refractivity contribution in [1.29, 1.82) is 0 Å². The van der Waals surface area contributed by atoms with Gasteiger partial charge in [0.05, 0.1) is 0 Å². The Balaban J connectivity index is 1.03. The van der Waals surface area contributed by atoms with Crippen LogP contribution < -0.4 is 0 Å². The Labute approximate surface area is 307 Å². The quantitative estimate of drug-likeness (QED) is 0.161. The largest absolute Gasteiger partial charge is 0.0620 e. The molecule has 0 aliphatic heterocycles. The molecule has 0 atom stereocenters. The van der Waals surface area contributed by atoms with E-state index in [4.69, 9.17) is 0 Å². The number of hydrogen-bond donors (Lipinski definition) is 0. The van der Waals surface area contributed by atoms with E-state index in [0.717, 1.165) is 12.8 Å². The molecule has 1 spiro atoms.